The van der Waals surface area contributed by atoms with Gasteiger partial charge in [-0.1, -0.05) is 18.2 Å². The van der Waals surface area contributed by atoms with E-state index in [4.69, 9.17) is 0 Å². The first-order valence-electron chi connectivity index (χ1n) is 8.52. The topological polar surface area (TPSA) is 51.0 Å². The molecule has 1 saturated heterocycles. The summed E-state index contributed by atoms with van der Waals surface area (Å²) in [5, 5.41) is 4.21. The Hall–Kier alpha value is -2.17. The average Bonchev–Trinajstić information content (AvgIpc) is 3.26. The van der Waals surface area contributed by atoms with Gasteiger partial charge >= 0.3 is 0 Å². The van der Waals surface area contributed by atoms with Crippen LogP contribution in [-0.4, -0.2) is 38.7 Å². The molecule has 1 aliphatic heterocycles. The summed E-state index contributed by atoms with van der Waals surface area (Å²) < 4.78 is 1.92. The van der Waals surface area contributed by atoms with E-state index < -0.39 is 0 Å². The van der Waals surface area contributed by atoms with Crippen LogP contribution in [0, 0.1) is 0 Å². The van der Waals surface area contributed by atoms with E-state index in [9.17, 15) is 4.79 Å². The normalized spacial score (nSPS) is 18.2. The first-order valence-corrected chi connectivity index (χ1v) is 8.52. The van der Waals surface area contributed by atoms with Crippen molar-refractivity contribution in [1.29, 1.82) is 0 Å². The number of hydrogen-bond donors (Lipinski definition) is 0. The maximum atomic E-state index is 12.6. The van der Waals surface area contributed by atoms with Gasteiger partial charge in [-0.2, -0.15) is 5.10 Å². The number of aryl methyl sites for hydroxylation is 2. The van der Waals surface area contributed by atoms with E-state index in [1.165, 1.54) is 30.4 Å². The van der Waals surface area contributed by atoms with Crippen LogP contribution in [0.3, 0.4) is 0 Å². The van der Waals surface area contributed by atoms with Gasteiger partial charge in [0, 0.05) is 13.1 Å². The Bertz CT molecular complexity index is 687. The van der Waals surface area contributed by atoms with Crippen molar-refractivity contribution in [2.24, 2.45) is 0 Å². The molecule has 2 aromatic rings. The monoisotopic (exact) mass is 310 g/mol. The zero-order valence-corrected chi connectivity index (χ0v) is 13.3. The first kappa shape index (κ1) is 14.4. The molecule has 4 rings (SSSR count). The third kappa shape index (κ3) is 3.00. The molecule has 1 aliphatic carbocycles. The Labute approximate surface area is 136 Å². The minimum atomic E-state index is 0.250. The number of hydrogen-bond acceptors (Lipinski definition) is 3. The summed E-state index contributed by atoms with van der Waals surface area (Å²) in [5.41, 5.74) is 4.07. The number of carbonyl (C=O) groups excluding carboxylic acids is 1. The fraction of sp³-hybridized carbons (Fsp3) is 0.500. The van der Waals surface area contributed by atoms with Gasteiger partial charge in [-0.25, -0.2) is 9.67 Å². The van der Waals surface area contributed by atoms with E-state index in [0.717, 1.165) is 31.5 Å². The zero-order valence-electron chi connectivity index (χ0n) is 13.3. The van der Waals surface area contributed by atoms with Crippen LogP contribution < -0.4 is 0 Å². The number of amides is 1. The van der Waals surface area contributed by atoms with E-state index >= 15 is 0 Å². The van der Waals surface area contributed by atoms with Gasteiger partial charge in [-0.05, 0) is 48.8 Å². The Balaban J connectivity index is 1.35. The third-order valence-electron chi connectivity index (χ3n) is 5.15. The van der Waals surface area contributed by atoms with Crippen LogP contribution in [0.25, 0.3) is 0 Å². The predicted octanol–water partition coefficient (Wildman–Crippen LogP) is 2.17. The molecule has 0 atom stereocenters. The minimum absolute atomic E-state index is 0.250. The molecule has 2 heterocycles. The molecule has 120 valence electrons. The molecule has 0 saturated carbocycles. The van der Waals surface area contributed by atoms with Crippen LogP contribution in [0.15, 0.2) is 30.9 Å². The van der Waals surface area contributed by atoms with E-state index in [1.54, 1.807) is 12.7 Å². The van der Waals surface area contributed by atoms with Crippen molar-refractivity contribution in [2.75, 3.05) is 13.1 Å². The Kier molecular flexibility index (Phi) is 3.85. The zero-order chi connectivity index (χ0) is 15.6. The van der Waals surface area contributed by atoms with Gasteiger partial charge in [0.05, 0.1) is 12.5 Å². The molecule has 5 nitrogen and oxygen atoms in total. The number of piperidine rings is 1. The number of likely N-dealkylation sites (tertiary alicyclic amines) is 1. The van der Waals surface area contributed by atoms with E-state index in [2.05, 4.69) is 28.3 Å². The Morgan fingerprint density at radius 1 is 1.17 bits per heavy atom. The lowest BCUT2D eigenvalue weighted by Gasteiger charge is -2.32. The van der Waals surface area contributed by atoms with Crippen LogP contribution in [0.1, 0.15) is 42.0 Å². The maximum Gasteiger partial charge on any atom is 0.226 e. The van der Waals surface area contributed by atoms with Crippen LogP contribution in [0.4, 0.5) is 0 Å². The van der Waals surface area contributed by atoms with Crippen molar-refractivity contribution in [2.45, 2.75) is 44.6 Å². The molecule has 5 heteroatoms. The highest BCUT2D eigenvalue weighted by Gasteiger charge is 2.24. The smallest absolute Gasteiger partial charge is 0.226 e. The SMILES string of the molecule is O=C(Cc1ccc2c(c1)CCC2)N1CCC(n2cncn2)CC1. The van der Waals surface area contributed by atoms with Crippen molar-refractivity contribution < 1.29 is 4.79 Å². The fourth-order valence-electron chi connectivity index (χ4n) is 3.81. The summed E-state index contributed by atoms with van der Waals surface area (Å²) in [6.07, 6.45) is 9.40. The molecule has 23 heavy (non-hydrogen) atoms. The number of aromatic nitrogens is 3. The Morgan fingerprint density at radius 3 is 2.78 bits per heavy atom. The number of carbonyl (C=O) groups is 1. The van der Waals surface area contributed by atoms with Crippen molar-refractivity contribution in [3.05, 3.63) is 47.5 Å². The second-order valence-corrected chi connectivity index (χ2v) is 6.62. The van der Waals surface area contributed by atoms with Crippen molar-refractivity contribution >= 4 is 5.91 Å². The lowest BCUT2D eigenvalue weighted by atomic mass is 10.0. The standard InChI is InChI=1S/C18H22N4O/c23-18(11-14-4-5-15-2-1-3-16(15)10-14)21-8-6-17(7-9-21)22-13-19-12-20-22/h4-5,10,12-13,17H,1-3,6-9,11H2. The highest BCUT2D eigenvalue weighted by molar-refractivity contribution is 5.79. The molecule has 1 amide bonds. The maximum absolute atomic E-state index is 12.6. The van der Waals surface area contributed by atoms with Gasteiger partial charge in [0.15, 0.2) is 0 Å². The van der Waals surface area contributed by atoms with Crippen molar-refractivity contribution in [3.8, 4) is 0 Å². The number of benzene rings is 1. The summed E-state index contributed by atoms with van der Waals surface area (Å²) in [6.45, 7) is 1.63. The van der Waals surface area contributed by atoms with Crippen LogP contribution >= 0.6 is 0 Å². The highest BCUT2D eigenvalue weighted by Crippen LogP contribution is 2.24. The van der Waals surface area contributed by atoms with Gasteiger partial charge in [0.1, 0.15) is 12.7 Å². The van der Waals surface area contributed by atoms with Crippen molar-refractivity contribution in [3.63, 3.8) is 0 Å². The summed E-state index contributed by atoms with van der Waals surface area (Å²) in [5.74, 6) is 0.250. The van der Waals surface area contributed by atoms with Crippen molar-refractivity contribution in [1.82, 2.24) is 19.7 Å². The summed E-state index contributed by atoms with van der Waals surface area (Å²) in [4.78, 5) is 18.6. The minimum Gasteiger partial charge on any atom is -0.342 e. The molecular weight excluding hydrogens is 288 g/mol. The largest absolute Gasteiger partial charge is 0.342 e. The van der Waals surface area contributed by atoms with Crippen LogP contribution in [0.2, 0.25) is 0 Å². The first-order chi connectivity index (χ1) is 11.3. The predicted molar refractivity (Wildman–Crippen MR) is 87.0 cm³/mol. The highest BCUT2D eigenvalue weighted by atomic mass is 16.2. The second kappa shape index (κ2) is 6.14. The van der Waals surface area contributed by atoms with Gasteiger partial charge in [0.25, 0.3) is 0 Å². The van der Waals surface area contributed by atoms with Gasteiger partial charge < -0.3 is 4.90 Å². The summed E-state index contributed by atoms with van der Waals surface area (Å²) in [6, 6.07) is 6.95. The molecule has 0 N–H and O–H groups in total. The molecule has 1 aromatic heterocycles. The number of fused-ring (bicyclic) bond motifs is 1. The molecule has 0 bridgehead atoms. The van der Waals surface area contributed by atoms with Gasteiger partial charge in [-0.15, -0.1) is 0 Å². The molecule has 2 aliphatic rings. The van der Waals surface area contributed by atoms with E-state index in [-0.39, 0.29) is 5.91 Å². The average molecular weight is 310 g/mol. The second-order valence-electron chi connectivity index (χ2n) is 6.62. The number of rotatable bonds is 3. The molecule has 0 unspecified atom stereocenters. The molecule has 1 aromatic carbocycles. The fourth-order valence-corrected chi connectivity index (χ4v) is 3.81. The van der Waals surface area contributed by atoms with E-state index in [1.807, 2.05) is 9.58 Å². The van der Waals surface area contributed by atoms with Gasteiger partial charge in [-0.3, -0.25) is 4.79 Å². The Morgan fingerprint density at radius 2 is 2.00 bits per heavy atom. The van der Waals surface area contributed by atoms with Crippen LogP contribution in [0.5, 0.6) is 0 Å². The summed E-state index contributed by atoms with van der Waals surface area (Å²) >= 11 is 0. The molecule has 0 radical (unpaired) electrons. The molecule has 1 fully saturated rings. The number of nitrogens with zero attached hydrogens (tertiary/aromatic N) is 4. The lowest BCUT2D eigenvalue weighted by molar-refractivity contribution is -0.131. The molecular formula is C18H22N4O. The summed E-state index contributed by atoms with van der Waals surface area (Å²) in [7, 11) is 0. The molecule has 0 spiro atoms. The van der Waals surface area contributed by atoms with E-state index in [0.29, 0.717) is 12.5 Å². The lowest BCUT2D eigenvalue weighted by Crippen LogP contribution is -2.40. The third-order valence-corrected chi connectivity index (χ3v) is 5.15. The van der Waals surface area contributed by atoms with Gasteiger partial charge in [0.2, 0.25) is 5.91 Å². The quantitative estimate of drug-likeness (QED) is 0.873. The van der Waals surface area contributed by atoms with Crippen LogP contribution in [-0.2, 0) is 24.1 Å².